The van der Waals surface area contributed by atoms with Crippen LogP contribution < -0.4 is 0 Å². The molecule has 2 nitrogen and oxygen atoms in total. The van der Waals surface area contributed by atoms with Crippen molar-refractivity contribution in [1.29, 1.82) is 0 Å². The first kappa shape index (κ1) is 12.1. The van der Waals surface area contributed by atoms with Crippen LogP contribution in [0, 0.1) is 11.7 Å². The van der Waals surface area contributed by atoms with Gasteiger partial charge in [0, 0.05) is 0 Å². The minimum Gasteiger partial charge on any atom is -0.481 e. The van der Waals surface area contributed by atoms with Crippen molar-refractivity contribution in [1.82, 2.24) is 0 Å². The lowest BCUT2D eigenvalue weighted by Crippen LogP contribution is -2.21. The molecule has 1 aromatic carbocycles. The van der Waals surface area contributed by atoms with Crippen LogP contribution in [-0.2, 0) is 4.79 Å². The third-order valence-corrected chi connectivity index (χ3v) is 3.61. The molecule has 1 aliphatic carbocycles. The molecule has 0 aliphatic heterocycles. The normalized spacial score (nSPS) is 25.2. The van der Waals surface area contributed by atoms with Gasteiger partial charge in [-0.05, 0) is 36.5 Å². The molecule has 2 rings (SSSR count). The molecule has 1 aromatic rings. The zero-order chi connectivity index (χ0) is 12.3. The van der Waals surface area contributed by atoms with Gasteiger partial charge >= 0.3 is 5.97 Å². The molecular weight excluding hydrogens is 219 g/mol. The van der Waals surface area contributed by atoms with Crippen molar-refractivity contribution in [3.63, 3.8) is 0 Å². The second kappa shape index (κ2) is 5.30. The number of hydrogen-bond acceptors (Lipinski definition) is 1. The quantitative estimate of drug-likeness (QED) is 0.797. The predicted molar refractivity (Wildman–Crippen MR) is 63.4 cm³/mol. The zero-order valence-corrected chi connectivity index (χ0v) is 9.73. The molecule has 1 saturated carbocycles. The van der Waals surface area contributed by atoms with Gasteiger partial charge in [0.15, 0.2) is 0 Å². The van der Waals surface area contributed by atoms with Crippen LogP contribution in [0.3, 0.4) is 0 Å². The highest BCUT2D eigenvalue weighted by Gasteiger charge is 2.30. The molecule has 17 heavy (non-hydrogen) atoms. The Balaban J connectivity index is 2.28. The number of halogens is 1. The van der Waals surface area contributed by atoms with Crippen molar-refractivity contribution in [2.45, 2.75) is 38.0 Å². The number of rotatable bonds is 2. The van der Waals surface area contributed by atoms with E-state index < -0.39 is 5.97 Å². The third-order valence-electron chi connectivity index (χ3n) is 3.61. The number of benzene rings is 1. The van der Waals surface area contributed by atoms with Gasteiger partial charge in [-0.2, -0.15) is 0 Å². The number of aliphatic carboxylic acids is 1. The van der Waals surface area contributed by atoms with E-state index in [1.165, 1.54) is 12.1 Å². The highest BCUT2D eigenvalue weighted by Crippen LogP contribution is 2.36. The van der Waals surface area contributed by atoms with Gasteiger partial charge in [0.1, 0.15) is 5.82 Å². The first-order valence-corrected chi connectivity index (χ1v) is 6.17. The van der Waals surface area contributed by atoms with Gasteiger partial charge in [-0.25, -0.2) is 4.39 Å². The van der Waals surface area contributed by atoms with Crippen molar-refractivity contribution in [2.75, 3.05) is 0 Å². The van der Waals surface area contributed by atoms with Crippen LogP contribution in [0.2, 0.25) is 0 Å². The largest absolute Gasteiger partial charge is 0.481 e. The molecule has 0 bridgehead atoms. The van der Waals surface area contributed by atoms with E-state index in [1.54, 1.807) is 6.07 Å². The predicted octanol–water partition coefficient (Wildman–Crippen LogP) is 3.57. The third kappa shape index (κ3) is 2.84. The van der Waals surface area contributed by atoms with Crippen LogP contribution in [0.25, 0.3) is 0 Å². The minimum absolute atomic E-state index is 0.0364. The van der Waals surface area contributed by atoms with E-state index >= 15 is 0 Å². The fourth-order valence-electron chi connectivity index (χ4n) is 2.74. The van der Waals surface area contributed by atoms with Gasteiger partial charge in [0.2, 0.25) is 0 Å². The lowest BCUT2D eigenvalue weighted by atomic mass is 9.82. The summed E-state index contributed by atoms with van der Waals surface area (Å²) in [6.45, 7) is 0. The molecule has 2 atom stereocenters. The van der Waals surface area contributed by atoms with Crippen molar-refractivity contribution >= 4 is 5.97 Å². The molecule has 92 valence electrons. The molecule has 0 amide bonds. The van der Waals surface area contributed by atoms with Crippen LogP contribution in [0.5, 0.6) is 0 Å². The minimum atomic E-state index is -0.749. The summed E-state index contributed by atoms with van der Waals surface area (Å²) in [5, 5.41) is 9.27. The Bertz CT molecular complexity index is 403. The summed E-state index contributed by atoms with van der Waals surface area (Å²) in [5.41, 5.74) is 0.833. The Labute approximate surface area is 100 Å². The molecule has 1 N–H and O–H groups in total. The molecule has 0 aromatic heterocycles. The fourth-order valence-corrected chi connectivity index (χ4v) is 2.74. The molecule has 3 heteroatoms. The summed E-state index contributed by atoms with van der Waals surface area (Å²) in [7, 11) is 0. The van der Waals surface area contributed by atoms with Gasteiger partial charge in [-0.3, -0.25) is 4.79 Å². The number of carboxylic acids is 1. The first-order chi connectivity index (χ1) is 8.18. The Hall–Kier alpha value is -1.38. The van der Waals surface area contributed by atoms with Crippen molar-refractivity contribution < 1.29 is 14.3 Å². The summed E-state index contributed by atoms with van der Waals surface area (Å²) in [4.78, 5) is 11.3. The maximum absolute atomic E-state index is 13.2. The van der Waals surface area contributed by atoms with E-state index in [9.17, 15) is 14.3 Å². The number of carbonyl (C=O) groups is 1. The fraction of sp³-hybridized carbons (Fsp3) is 0.500. The Kier molecular flexibility index (Phi) is 3.77. The molecule has 0 radical (unpaired) electrons. The molecule has 0 spiro atoms. The summed E-state index contributed by atoms with van der Waals surface area (Å²) in [6.07, 6.45) is 4.63. The lowest BCUT2D eigenvalue weighted by Gasteiger charge is -2.21. The second-order valence-electron chi connectivity index (χ2n) is 4.74. The van der Waals surface area contributed by atoms with Crippen molar-refractivity contribution in [2.24, 2.45) is 5.92 Å². The SMILES string of the molecule is O=C(O)C1CCCCCC1c1cccc(F)c1. The smallest absolute Gasteiger partial charge is 0.307 e. The van der Waals surface area contributed by atoms with Crippen LogP contribution >= 0.6 is 0 Å². The summed E-state index contributed by atoms with van der Waals surface area (Å²) in [5.74, 6) is -1.43. The Morgan fingerprint density at radius 2 is 2.00 bits per heavy atom. The van der Waals surface area contributed by atoms with Gasteiger partial charge in [-0.15, -0.1) is 0 Å². The van der Waals surface area contributed by atoms with E-state index in [1.807, 2.05) is 6.07 Å². The van der Waals surface area contributed by atoms with E-state index in [0.29, 0.717) is 6.42 Å². The van der Waals surface area contributed by atoms with Crippen LogP contribution in [0.1, 0.15) is 43.6 Å². The van der Waals surface area contributed by atoms with Crippen LogP contribution in [-0.4, -0.2) is 11.1 Å². The lowest BCUT2D eigenvalue weighted by molar-refractivity contribution is -0.142. The second-order valence-corrected chi connectivity index (χ2v) is 4.74. The average Bonchev–Trinajstić information content (AvgIpc) is 2.54. The van der Waals surface area contributed by atoms with Crippen molar-refractivity contribution in [3.8, 4) is 0 Å². The van der Waals surface area contributed by atoms with E-state index in [0.717, 1.165) is 31.2 Å². The first-order valence-electron chi connectivity index (χ1n) is 6.17. The molecule has 0 saturated heterocycles. The standard InChI is InChI=1S/C14H17FO2/c15-11-6-4-5-10(9-11)12-7-2-1-3-8-13(12)14(16)17/h4-6,9,12-13H,1-3,7-8H2,(H,16,17). The van der Waals surface area contributed by atoms with Gasteiger partial charge in [0.05, 0.1) is 5.92 Å². The summed E-state index contributed by atoms with van der Waals surface area (Å²) >= 11 is 0. The van der Waals surface area contributed by atoms with Gasteiger partial charge < -0.3 is 5.11 Å². The maximum atomic E-state index is 13.2. The topological polar surface area (TPSA) is 37.3 Å². The number of hydrogen-bond donors (Lipinski definition) is 1. The molecule has 1 aliphatic rings. The summed E-state index contributed by atoms with van der Waals surface area (Å²) in [6, 6.07) is 6.38. The van der Waals surface area contributed by atoms with Crippen LogP contribution in [0.4, 0.5) is 4.39 Å². The molecule has 1 fully saturated rings. The molecular formula is C14H17FO2. The molecule has 0 heterocycles. The Morgan fingerprint density at radius 3 is 2.71 bits per heavy atom. The van der Waals surface area contributed by atoms with Crippen LogP contribution in [0.15, 0.2) is 24.3 Å². The maximum Gasteiger partial charge on any atom is 0.307 e. The zero-order valence-electron chi connectivity index (χ0n) is 9.73. The average molecular weight is 236 g/mol. The van der Waals surface area contributed by atoms with Gasteiger partial charge in [-0.1, -0.05) is 31.4 Å². The van der Waals surface area contributed by atoms with E-state index in [-0.39, 0.29) is 17.7 Å². The monoisotopic (exact) mass is 236 g/mol. The highest BCUT2D eigenvalue weighted by atomic mass is 19.1. The Morgan fingerprint density at radius 1 is 1.24 bits per heavy atom. The van der Waals surface area contributed by atoms with Crippen molar-refractivity contribution in [3.05, 3.63) is 35.6 Å². The van der Waals surface area contributed by atoms with E-state index in [2.05, 4.69) is 0 Å². The highest BCUT2D eigenvalue weighted by molar-refractivity contribution is 5.71. The molecule has 2 unspecified atom stereocenters. The van der Waals surface area contributed by atoms with Gasteiger partial charge in [0.25, 0.3) is 0 Å². The van der Waals surface area contributed by atoms with E-state index in [4.69, 9.17) is 0 Å². The number of carboxylic acid groups (broad SMARTS) is 1. The summed E-state index contributed by atoms with van der Waals surface area (Å²) < 4.78 is 13.2.